The average Bonchev–Trinajstić information content (AvgIpc) is 2.99. The van der Waals surface area contributed by atoms with Crippen molar-refractivity contribution < 1.29 is 14.4 Å². The van der Waals surface area contributed by atoms with Gasteiger partial charge in [-0.1, -0.05) is 59.5 Å². The third-order valence-electron chi connectivity index (χ3n) is 5.73. The number of hydrogen-bond donors (Lipinski definition) is 1. The molecule has 0 radical (unpaired) electrons. The smallest absolute Gasteiger partial charge is 0.262 e. The minimum atomic E-state index is -0.870. The van der Waals surface area contributed by atoms with Gasteiger partial charge in [0.05, 0.1) is 11.1 Å². The zero-order chi connectivity index (χ0) is 20.4. The van der Waals surface area contributed by atoms with Crippen LogP contribution in [0, 0.1) is 0 Å². The van der Waals surface area contributed by atoms with E-state index in [9.17, 15) is 14.4 Å². The molecular weight excluding hydrogens is 432 g/mol. The van der Waals surface area contributed by atoms with Crippen molar-refractivity contribution in [2.24, 2.45) is 0 Å². The Morgan fingerprint density at radius 1 is 0.966 bits per heavy atom. The summed E-state index contributed by atoms with van der Waals surface area (Å²) < 4.78 is 0.935. The summed E-state index contributed by atoms with van der Waals surface area (Å²) in [6.07, 6.45) is 5.55. The summed E-state index contributed by atoms with van der Waals surface area (Å²) in [4.78, 5) is 40.4. The number of amides is 3. The number of fused-ring (bicyclic) bond motifs is 1. The molecule has 3 amide bonds. The summed E-state index contributed by atoms with van der Waals surface area (Å²) in [5.74, 6) is -1.05. The van der Waals surface area contributed by atoms with Gasteiger partial charge in [0.25, 0.3) is 11.8 Å². The summed E-state index contributed by atoms with van der Waals surface area (Å²) in [7, 11) is 0. The lowest BCUT2D eigenvalue weighted by Gasteiger charge is -2.29. The lowest BCUT2D eigenvalue weighted by Crippen LogP contribution is -2.53. The molecule has 29 heavy (non-hydrogen) atoms. The Morgan fingerprint density at radius 3 is 2.14 bits per heavy atom. The number of benzene rings is 2. The molecule has 0 saturated heterocycles. The minimum Gasteiger partial charge on any atom is -0.352 e. The number of nitrogens with one attached hydrogen (secondary N) is 1. The molecule has 1 saturated carbocycles. The maximum Gasteiger partial charge on any atom is 0.262 e. The van der Waals surface area contributed by atoms with Crippen LogP contribution in [0.1, 0.15) is 58.4 Å². The van der Waals surface area contributed by atoms with Crippen molar-refractivity contribution in [1.29, 1.82) is 0 Å². The van der Waals surface area contributed by atoms with Crippen molar-refractivity contribution in [3.63, 3.8) is 0 Å². The van der Waals surface area contributed by atoms with Gasteiger partial charge in [-0.25, -0.2) is 0 Å². The first-order valence-electron chi connectivity index (χ1n) is 10.1. The number of carbonyl (C=O) groups is 3. The number of rotatable bonds is 5. The predicted molar refractivity (Wildman–Crippen MR) is 114 cm³/mol. The molecule has 1 heterocycles. The highest BCUT2D eigenvalue weighted by Crippen LogP contribution is 2.27. The normalized spacial score (nSPS) is 17.9. The highest BCUT2D eigenvalue weighted by Gasteiger charge is 2.43. The van der Waals surface area contributed by atoms with Crippen molar-refractivity contribution in [2.45, 2.75) is 50.6 Å². The fourth-order valence-electron chi connectivity index (χ4n) is 4.18. The Morgan fingerprint density at radius 2 is 1.55 bits per heavy atom. The zero-order valence-corrected chi connectivity index (χ0v) is 17.7. The lowest BCUT2D eigenvalue weighted by molar-refractivity contribution is -0.126. The maximum atomic E-state index is 13.2. The number of nitrogens with zero attached hydrogens (tertiary/aromatic N) is 1. The molecule has 0 bridgehead atoms. The van der Waals surface area contributed by atoms with Gasteiger partial charge < -0.3 is 5.32 Å². The lowest BCUT2D eigenvalue weighted by atomic mass is 9.94. The monoisotopic (exact) mass is 454 g/mol. The van der Waals surface area contributed by atoms with Gasteiger partial charge in [0.1, 0.15) is 6.04 Å². The van der Waals surface area contributed by atoms with Crippen molar-refractivity contribution >= 4 is 33.7 Å². The van der Waals surface area contributed by atoms with Crippen molar-refractivity contribution in [2.75, 3.05) is 0 Å². The topological polar surface area (TPSA) is 66.5 Å². The molecule has 4 rings (SSSR count). The second kappa shape index (κ2) is 8.49. The first-order valence-corrected chi connectivity index (χ1v) is 10.9. The van der Waals surface area contributed by atoms with E-state index < -0.39 is 17.9 Å². The summed E-state index contributed by atoms with van der Waals surface area (Å²) in [5, 5.41) is 3.10. The molecule has 2 aromatic carbocycles. The third-order valence-corrected chi connectivity index (χ3v) is 6.26. The van der Waals surface area contributed by atoms with E-state index in [4.69, 9.17) is 0 Å². The van der Waals surface area contributed by atoms with Crippen LogP contribution in [0.2, 0.25) is 0 Å². The van der Waals surface area contributed by atoms with E-state index in [1.807, 2.05) is 24.3 Å². The van der Waals surface area contributed by atoms with Crippen LogP contribution in [0.5, 0.6) is 0 Å². The molecule has 0 spiro atoms. The fourth-order valence-corrected chi connectivity index (χ4v) is 4.44. The van der Waals surface area contributed by atoms with Crippen LogP contribution in [0.15, 0.2) is 53.0 Å². The summed E-state index contributed by atoms with van der Waals surface area (Å²) in [5.41, 5.74) is 1.63. The van der Waals surface area contributed by atoms with E-state index in [1.54, 1.807) is 24.3 Å². The molecule has 5 nitrogen and oxygen atoms in total. The quantitative estimate of drug-likeness (QED) is 0.691. The van der Waals surface area contributed by atoms with Crippen LogP contribution in [0.4, 0.5) is 0 Å². The van der Waals surface area contributed by atoms with Crippen LogP contribution in [0.3, 0.4) is 0 Å². The van der Waals surface area contributed by atoms with E-state index in [0.29, 0.717) is 11.1 Å². The van der Waals surface area contributed by atoms with E-state index in [2.05, 4.69) is 21.2 Å². The second-order valence-electron chi connectivity index (χ2n) is 7.72. The van der Waals surface area contributed by atoms with Crippen molar-refractivity contribution in [1.82, 2.24) is 10.2 Å². The molecule has 0 aromatic heterocycles. The van der Waals surface area contributed by atoms with Crippen LogP contribution in [-0.4, -0.2) is 34.7 Å². The Labute approximate surface area is 178 Å². The van der Waals surface area contributed by atoms with Crippen molar-refractivity contribution in [3.05, 3.63) is 69.7 Å². The summed E-state index contributed by atoms with van der Waals surface area (Å²) in [6.45, 7) is 0. The first-order chi connectivity index (χ1) is 14.0. The molecule has 2 aromatic rings. The fraction of sp³-hybridized carbons (Fsp3) is 0.348. The van der Waals surface area contributed by atoms with E-state index in [0.717, 1.165) is 40.6 Å². The zero-order valence-electron chi connectivity index (χ0n) is 16.1. The second-order valence-corrected chi connectivity index (χ2v) is 8.63. The minimum absolute atomic E-state index is 0.110. The molecule has 1 unspecified atom stereocenters. The molecule has 6 heteroatoms. The SMILES string of the molecule is O=C(NC1CCCCC1)C(Cc1ccc(Br)cc1)N1C(=O)c2ccccc2C1=O. The molecule has 1 aliphatic carbocycles. The van der Waals surface area contributed by atoms with E-state index in [1.165, 1.54) is 6.42 Å². The largest absolute Gasteiger partial charge is 0.352 e. The van der Waals surface area contributed by atoms with Crippen molar-refractivity contribution in [3.8, 4) is 0 Å². The number of halogens is 1. The van der Waals surface area contributed by atoms with Gasteiger partial charge in [0, 0.05) is 16.9 Å². The standard InChI is InChI=1S/C23H23BrN2O3/c24-16-12-10-15(11-13-16)14-20(21(27)25-17-6-2-1-3-7-17)26-22(28)18-8-4-5-9-19(18)23(26)29/h4-5,8-13,17,20H,1-3,6-7,14H2,(H,25,27). The Bertz CT molecular complexity index is 900. The van der Waals surface area contributed by atoms with Gasteiger partial charge in [-0.3, -0.25) is 19.3 Å². The highest BCUT2D eigenvalue weighted by molar-refractivity contribution is 9.10. The molecule has 1 aliphatic heterocycles. The molecule has 1 fully saturated rings. The van der Waals surface area contributed by atoms with E-state index in [-0.39, 0.29) is 18.4 Å². The predicted octanol–water partition coefficient (Wildman–Crippen LogP) is 4.11. The van der Waals surface area contributed by atoms with Crippen LogP contribution < -0.4 is 5.32 Å². The Kier molecular flexibility index (Phi) is 5.81. The number of hydrogen-bond acceptors (Lipinski definition) is 3. The molecule has 150 valence electrons. The number of carbonyl (C=O) groups excluding carboxylic acids is 3. The van der Waals surface area contributed by atoms with Crippen LogP contribution >= 0.6 is 15.9 Å². The Balaban J connectivity index is 1.62. The molecule has 1 N–H and O–H groups in total. The van der Waals surface area contributed by atoms with Crippen LogP contribution in [-0.2, 0) is 11.2 Å². The molecule has 1 atom stereocenters. The van der Waals surface area contributed by atoms with Gasteiger partial charge in [0.15, 0.2) is 0 Å². The van der Waals surface area contributed by atoms with Gasteiger partial charge >= 0.3 is 0 Å². The van der Waals surface area contributed by atoms with Gasteiger partial charge in [-0.05, 0) is 42.7 Å². The van der Waals surface area contributed by atoms with Gasteiger partial charge in [-0.2, -0.15) is 0 Å². The maximum absolute atomic E-state index is 13.2. The van der Waals surface area contributed by atoms with Gasteiger partial charge in [-0.15, -0.1) is 0 Å². The third kappa shape index (κ3) is 4.13. The highest BCUT2D eigenvalue weighted by atomic mass is 79.9. The summed E-state index contributed by atoms with van der Waals surface area (Å²) >= 11 is 3.41. The first kappa shape index (κ1) is 19.8. The average molecular weight is 455 g/mol. The molecule has 2 aliphatic rings. The van der Waals surface area contributed by atoms with Gasteiger partial charge in [0.2, 0.25) is 5.91 Å². The Hall–Kier alpha value is -2.47. The van der Waals surface area contributed by atoms with E-state index >= 15 is 0 Å². The summed E-state index contributed by atoms with van der Waals surface area (Å²) in [6, 6.07) is 13.6. The van der Waals surface area contributed by atoms with Crippen LogP contribution in [0.25, 0.3) is 0 Å². The molecular formula is C23H23BrN2O3. The number of imide groups is 1.